The number of ether oxygens (including phenoxy) is 1. The number of nitrogens with two attached hydrogens (primary N) is 1. The molecular formula is C12H13N3O5S. The second-order valence-electron chi connectivity index (χ2n) is 4.20. The number of nitrogens with zero attached hydrogens (tertiary/aromatic N) is 1. The second kappa shape index (κ2) is 5.54. The van der Waals surface area contributed by atoms with Gasteiger partial charge < -0.3 is 14.6 Å². The molecule has 1 aromatic heterocycles. The molecule has 2 aromatic rings. The number of carbonyl (C=O) groups excluding carboxylic acids is 1. The molecule has 1 heterocycles. The van der Waals surface area contributed by atoms with Crippen molar-refractivity contribution in [1.29, 1.82) is 0 Å². The monoisotopic (exact) mass is 311 g/mol. The normalized spacial score (nSPS) is 11.2. The Morgan fingerprint density at radius 1 is 1.43 bits per heavy atom. The van der Waals surface area contributed by atoms with Crippen LogP contribution < -0.4 is 15.2 Å². The number of sulfonamides is 1. The number of hydrogen-bond acceptors (Lipinski definition) is 6. The summed E-state index contributed by atoms with van der Waals surface area (Å²) in [6, 6.07) is 3.88. The molecule has 0 aliphatic carbocycles. The predicted molar refractivity (Wildman–Crippen MR) is 73.6 cm³/mol. The van der Waals surface area contributed by atoms with Gasteiger partial charge in [0.05, 0.1) is 23.9 Å². The van der Waals surface area contributed by atoms with E-state index >= 15 is 0 Å². The number of rotatable bonds is 4. The molecule has 0 saturated heterocycles. The van der Waals surface area contributed by atoms with E-state index in [1.165, 1.54) is 31.5 Å². The number of methoxy groups -OCH3 is 1. The summed E-state index contributed by atoms with van der Waals surface area (Å²) < 4.78 is 32.6. The highest BCUT2D eigenvalue weighted by Gasteiger charge is 2.18. The number of carbonyl (C=O) groups is 1. The third-order valence-electron chi connectivity index (χ3n) is 2.70. The number of nitrogens with one attached hydrogen (secondary N) is 1. The molecule has 0 saturated carbocycles. The largest absolute Gasteiger partial charge is 0.495 e. The summed E-state index contributed by atoms with van der Waals surface area (Å²) in [7, 11) is -2.50. The van der Waals surface area contributed by atoms with Gasteiger partial charge in [-0.15, -0.1) is 0 Å². The van der Waals surface area contributed by atoms with Gasteiger partial charge in [-0.05, 0) is 25.1 Å². The average molecular weight is 311 g/mol. The number of anilines is 1. The quantitative estimate of drug-likeness (QED) is 0.864. The zero-order valence-corrected chi connectivity index (χ0v) is 12.1. The minimum Gasteiger partial charge on any atom is -0.495 e. The van der Waals surface area contributed by atoms with Crippen molar-refractivity contribution < 1.29 is 22.5 Å². The maximum atomic E-state index is 12.0. The van der Waals surface area contributed by atoms with E-state index in [1.54, 1.807) is 6.92 Å². The molecule has 0 aliphatic heterocycles. The Labute approximate surface area is 120 Å². The molecule has 2 rings (SSSR count). The molecule has 0 radical (unpaired) electrons. The summed E-state index contributed by atoms with van der Waals surface area (Å²) in [5.41, 5.74) is 0.707. The van der Waals surface area contributed by atoms with Crippen LogP contribution in [-0.4, -0.2) is 26.6 Å². The number of amides is 1. The van der Waals surface area contributed by atoms with Crippen molar-refractivity contribution in [2.75, 3.05) is 12.4 Å². The lowest BCUT2D eigenvalue weighted by atomic mass is 10.2. The van der Waals surface area contributed by atoms with E-state index in [9.17, 15) is 13.2 Å². The van der Waals surface area contributed by atoms with Crippen molar-refractivity contribution in [2.24, 2.45) is 5.14 Å². The van der Waals surface area contributed by atoms with Crippen molar-refractivity contribution in [3.05, 3.63) is 35.7 Å². The molecule has 0 atom stereocenters. The first-order valence-electron chi connectivity index (χ1n) is 5.76. The topological polar surface area (TPSA) is 125 Å². The lowest BCUT2D eigenvalue weighted by molar-refractivity contribution is 0.0986. The Morgan fingerprint density at radius 3 is 2.67 bits per heavy atom. The van der Waals surface area contributed by atoms with Gasteiger partial charge in [0.2, 0.25) is 15.8 Å². The van der Waals surface area contributed by atoms with Crippen molar-refractivity contribution in [3.8, 4) is 5.75 Å². The Bertz CT molecular complexity index is 782. The first-order valence-corrected chi connectivity index (χ1v) is 7.31. The maximum absolute atomic E-state index is 12.0. The van der Waals surface area contributed by atoms with E-state index in [1.807, 2.05) is 0 Å². The van der Waals surface area contributed by atoms with Crippen LogP contribution in [0.25, 0.3) is 0 Å². The SMILES string of the molecule is COc1ccc(S(N)(=O)=O)cc1NC(=O)c1oncc1C. The van der Waals surface area contributed by atoms with Crippen LogP contribution in [0.5, 0.6) is 5.75 Å². The fraction of sp³-hybridized carbons (Fsp3) is 0.167. The van der Waals surface area contributed by atoms with Gasteiger partial charge >= 0.3 is 0 Å². The number of hydrogen-bond donors (Lipinski definition) is 2. The summed E-state index contributed by atoms with van der Waals surface area (Å²) in [5.74, 6) is -0.263. The zero-order valence-electron chi connectivity index (χ0n) is 11.3. The number of primary sulfonamides is 1. The second-order valence-corrected chi connectivity index (χ2v) is 5.76. The zero-order chi connectivity index (χ0) is 15.6. The first-order chi connectivity index (χ1) is 9.82. The molecule has 9 heteroatoms. The van der Waals surface area contributed by atoms with E-state index in [-0.39, 0.29) is 22.1 Å². The van der Waals surface area contributed by atoms with Gasteiger partial charge in [0.25, 0.3) is 5.91 Å². The van der Waals surface area contributed by atoms with Crippen molar-refractivity contribution >= 4 is 21.6 Å². The first kappa shape index (κ1) is 15.0. The third kappa shape index (κ3) is 3.20. The summed E-state index contributed by atoms with van der Waals surface area (Å²) in [5, 5.41) is 11.1. The molecule has 112 valence electrons. The van der Waals surface area contributed by atoms with E-state index in [0.29, 0.717) is 5.56 Å². The Kier molecular flexibility index (Phi) is 3.96. The van der Waals surface area contributed by atoms with Crippen LogP contribution in [0.15, 0.2) is 33.8 Å². The Balaban J connectivity index is 2.38. The van der Waals surface area contributed by atoms with Crippen molar-refractivity contribution in [3.63, 3.8) is 0 Å². The van der Waals surface area contributed by atoms with Gasteiger partial charge in [-0.25, -0.2) is 13.6 Å². The number of benzene rings is 1. The van der Waals surface area contributed by atoms with E-state index in [2.05, 4.69) is 10.5 Å². The van der Waals surface area contributed by atoms with Gasteiger partial charge in [0.1, 0.15) is 5.75 Å². The highest BCUT2D eigenvalue weighted by atomic mass is 32.2. The van der Waals surface area contributed by atoms with Crippen LogP contribution in [0.1, 0.15) is 16.1 Å². The van der Waals surface area contributed by atoms with Crippen LogP contribution in [-0.2, 0) is 10.0 Å². The highest BCUT2D eigenvalue weighted by Crippen LogP contribution is 2.27. The summed E-state index contributed by atoms with van der Waals surface area (Å²) in [6.45, 7) is 1.66. The lowest BCUT2D eigenvalue weighted by Crippen LogP contribution is -2.15. The molecule has 0 spiro atoms. The smallest absolute Gasteiger partial charge is 0.294 e. The van der Waals surface area contributed by atoms with Gasteiger partial charge in [0.15, 0.2) is 0 Å². The van der Waals surface area contributed by atoms with E-state index in [4.69, 9.17) is 14.4 Å². The Morgan fingerprint density at radius 2 is 2.14 bits per heavy atom. The minimum atomic E-state index is -3.89. The average Bonchev–Trinajstić information content (AvgIpc) is 2.84. The molecule has 0 aliphatic rings. The molecular weight excluding hydrogens is 298 g/mol. The molecule has 1 aromatic carbocycles. The van der Waals surface area contributed by atoms with E-state index < -0.39 is 15.9 Å². The van der Waals surface area contributed by atoms with Crippen LogP contribution >= 0.6 is 0 Å². The van der Waals surface area contributed by atoms with Gasteiger partial charge in [-0.2, -0.15) is 0 Å². The van der Waals surface area contributed by atoms with Gasteiger partial charge in [-0.1, -0.05) is 5.16 Å². The lowest BCUT2D eigenvalue weighted by Gasteiger charge is -2.10. The molecule has 3 N–H and O–H groups in total. The molecule has 21 heavy (non-hydrogen) atoms. The van der Waals surface area contributed by atoms with Gasteiger partial charge in [-0.3, -0.25) is 4.79 Å². The van der Waals surface area contributed by atoms with Crippen LogP contribution in [0.2, 0.25) is 0 Å². The Hall–Kier alpha value is -2.39. The fourth-order valence-corrected chi connectivity index (χ4v) is 2.19. The van der Waals surface area contributed by atoms with Crippen LogP contribution in [0.4, 0.5) is 5.69 Å². The minimum absolute atomic E-state index is 0.0260. The molecule has 0 fully saturated rings. The summed E-state index contributed by atoms with van der Waals surface area (Å²) in [4.78, 5) is 11.9. The molecule has 1 amide bonds. The van der Waals surface area contributed by atoms with Crippen molar-refractivity contribution in [1.82, 2.24) is 5.16 Å². The standard InChI is InChI=1S/C12H13N3O5S/c1-7-6-14-20-11(7)12(16)15-9-5-8(21(13,17)18)3-4-10(9)19-2/h3-6H,1-2H3,(H,15,16)(H2,13,17,18). The summed E-state index contributed by atoms with van der Waals surface area (Å²) in [6.07, 6.45) is 1.40. The number of aromatic nitrogens is 1. The molecule has 0 unspecified atom stereocenters. The van der Waals surface area contributed by atoms with Crippen LogP contribution in [0, 0.1) is 6.92 Å². The van der Waals surface area contributed by atoms with Gasteiger partial charge in [0, 0.05) is 5.56 Å². The van der Waals surface area contributed by atoms with Crippen LogP contribution in [0.3, 0.4) is 0 Å². The highest BCUT2D eigenvalue weighted by molar-refractivity contribution is 7.89. The van der Waals surface area contributed by atoms with E-state index in [0.717, 1.165) is 0 Å². The third-order valence-corrected chi connectivity index (χ3v) is 3.61. The number of aryl methyl sites for hydroxylation is 1. The van der Waals surface area contributed by atoms with Crippen molar-refractivity contribution in [2.45, 2.75) is 11.8 Å². The fourth-order valence-electron chi connectivity index (χ4n) is 1.65. The maximum Gasteiger partial charge on any atom is 0.294 e. The predicted octanol–water partition coefficient (Wildman–Crippen LogP) is 0.891. The molecule has 0 bridgehead atoms. The molecule has 8 nitrogen and oxygen atoms in total. The summed E-state index contributed by atoms with van der Waals surface area (Å²) >= 11 is 0.